The van der Waals surface area contributed by atoms with E-state index in [1.54, 1.807) is 39.2 Å². The molecule has 7 heteroatoms. The molecule has 0 spiro atoms. The van der Waals surface area contributed by atoms with Crippen LogP contribution in [0.1, 0.15) is 38.0 Å². The van der Waals surface area contributed by atoms with Crippen LogP contribution in [0, 0.1) is 0 Å². The van der Waals surface area contributed by atoms with Gasteiger partial charge >= 0.3 is 0 Å². The van der Waals surface area contributed by atoms with E-state index in [-0.39, 0.29) is 11.3 Å². The van der Waals surface area contributed by atoms with Crippen LogP contribution in [0.3, 0.4) is 0 Å². The minimum atomic E-state index is -1.12. The zero-order chi connectivity index (χ0) is 24.0. The fourth-order valence-corrected chi connectivity index (χ4v) is 3.74. The number of hydrogen-bond donors (Lipinski definition) is 2. The summed E-state index contributed by atoms with van der Waals surface area (Å²) in [6.45, 7) is 6.19. The zero-order valence-electron chi connectivity index (χ0n) is 19.7. The highest BCUT2D eigenvalue weighted by molar-refractivity contribution is 6.00. The first-order valence-electron chi connectivity index (χ1n) is 10.9. The van der Waals surface area contributed by atoms with E-state index in [9.17, 15) is 10.2 Å². The van der Waals surface area contributed by atoms with E-state index in [1.807, 2.05) is 37.3 Å². The minimum absolute atomic E-state index is 0.0960. The second-order valence-corrected chi connectivity index (χ2v) is 7.65. The Morgan fingerprint density at radius 1 is 0.939 bits per heavy atom. The maximum Gasteiger partial charge on any atom is 0.155 e. The van der Waals surface area contributed by atoms with Gasteiger partial charge < -0.3 is 33.9 Å². The lowest BCUT2D eigenvalue weighted by Crippen LogP contribution is -2.25. The monoisotopic (exact) mass is 456 g/mol. The molecular weight excluding hydrogens is 424 g/mol. The van der Waals surface area contributed by atoms with Crippen molar-refractivity contribution >= 4 is 10.8 Å². The zero-order valence-corrected chi connectivity index (χ0v) is 19.7. The Balaban J connectivity index is 2.01. The Morgan fingerprint density at radius 2 is 1.61 bits per heavy atom. The lowest BCUT2D eigenvalue weighted by atomic mass is 9.97. The van der Waals surface area contributed by atoms with Gasteiger partial charge in [-0.15, -0.1) is 0 Å². The van der Waals surface area contributed by atoms with Crippen LogP contribution >= 0.6 is 0 Å². The summed E-state index contributed by atoms with van der Waals surface area (Å²) < 4.78 is 28.2. The van der Waals surface area contributed by atoms with E-state index >= 15 is 0 Å². The Labute approximate surface area is 194 Å². The summed E-state index contributed by atoms with van der Waals surface area (Å²) in [6, 6.07) is 14.8. The number of benzene rings is 3. The van der Waals surface area contributed by atoms with Gasteiger partial charge in [-0.05, 0) is 38.5 Å². The number of phenolic OH excluding ortho intramolecular Hbond substituents is 1. The smallest absolute Gasteiger partial charge is 0.155 e. The minimum Gasteiger partial charge on any atom is -0.507 e. The number of hydrogen-bond acceptors (Lipinski definition) is 7. The molecule has 0 aliphatic carbocycles. The SMILES string of the molecule is CCO[C@H](C)O[C@H](C)[C@@H](O)c1cc(OC)c2c(OC)cc(OCc3ccccc3)cc2c1O. The second-order valence-electron chi connectivity index (χ2n) is 7.65. The summed E-state index contributed by atoms with van der Waals surface area (Å²) in [6.07, 6.45) is -2.26. The number of ether oxygens (including phenoxy) is 5. The molecular formula is C26H32O7. The molecule has 7 nitrogen and oxygen atoms in total. The van der Waals surface area contributed by atoms with Crippen molar-refractivity contribution in [1.82, 2.24) is 0 Å². The van der Waals surface area contributed by atoms with Crippen LogP contribution in [0.4, 0.5) is 0 Å². The topological polar surface area (TPSA) is 86.6 Å². The van der Waals surface area contributed by atoms with Gasteiger partial charge in [0.15, 0.2) is 6.29 Å². The van der Waals surface area contributed by atoms with Gasteiger partial charge in [0, 0.05) is 23.6 Å². The molecule has 0 unspecified atom stereocenters. The average molecular weight is 457 g/mol. The van der Waals surface area contributed by atoms with Gasteiger partial charge in [0.2, 0.25) is 0 Å². The molecule has 3 atom stereocenters. The molecule has 0 fully saturated rings. The van der Waals surface area contributed by atoms with E-state index in [1.165, 1.54) is 7.11 Å². The summed E-state index contributed by atoms with van der Waals surface area (Å²) >= 11 is 0. The molecule has 0 amide bonds. The van der Waals surface area contributed by atoms with Crippen LogP contribution in [0.2, 0.25) is 0 Å². The van der Waals surface area contributed by atoms with E-state index in [4.69, 9.17) is 23.7 Å². The Bertz CT molecular complexity index is 1050. The maximum atomic E-state index is 11.1. The van der Waals surface area contributed by atoms with Crippen LogP contribution in [0.25, 0.3) is 10.8 Å². The molecule has 2 N–H and O–H groups in total. The molecule has 178 valence electrons. The first kappa shape index (κ1) is 24.6. The highest BCUT2D eigenvalue weighted by Gasteiger charge is 2.26. The van der Waals surface area contributed by atoms with Gasteiger partial charge in [-0.25, -0.2) is 0 Å². The van der Waals surface area contributed by atoms with E-state index < -0.39 is 18.5 Å². The number of aliphatic hydroxyl groups is 1. The van der Waals surface area contributed by atoms with Crippen LogP contribution < -0.4 is 14.2 Å². The third kappa shape index (κ3) is 5.68. The van der Waals surface area contributed by atoms with Gasteiger partial charge in [-0.1, -0.05) is 30.3 Å². The van der Waals surface area contributed by atoms with Crippen molar-refractivity contribution in [2.45, 2.75) is 45.9 Å². The molecule has 0 aliphatic rings. The van der Waals surface area contributed by atoms with Crippen molar-refractivity contribution in [3.8, 4) is 23.0 Å². The standard InChI is InChI=1S/C26H32O7/c1-6-31-17(3)33-16(2)25(27)21-14-23(30-5)24-20(26(21)28)12-19(13-22(24)29-4)32-15-18-10-8-7-9-11-18/h7-14,16-17,25,27-28H,6,15H2,1-5H3/t16-,17+,25-/m1/s1. The van der Waals surface area contributed by atoms with Crippen LogP contribution in [0.5, 0.6) is 23.0 Å². The van der Waals surface area contributed by atoms with Gasteiger partial charge in [-0.2, -0.15) is 0 Å². The highest BCUT2D eigenvalue weighted by Crippen LogP contribution is 2.46. The quantitative estimate of drug-likeness (QED) is 0.394. The van der Waals surface area contributed by atoms with Crippen molar-refractivity contribution in [3.63, 3.8) is 0 Å². The summed E-state index contributed by atoms with van der Waals surface area (Å²) in [4.78, 5) is 0. The molecule has 0 aliphatic heterocycles. The Morgan fingerprint density at radius 3 is 2.24 bits per heavy atom. The van der Waals surface area contributed by atoms with E-state index in [0.29, 0.717) is 41.2 Å². The lowest BCUT2D eigenvalue weighted by Gasteiger charge is -2.25. The molecule has 0 bridgehead atoms. The van der Waals surface area contributed by atoms with Crippen molar-refractivity contribution in [2.24, 2.45) is 0 Å². The van der Waals surface area contributed by atoms with E-state index in [0.717, 1.165) is 5.56 Å². The lowest BCUT2D eigenvalue weighted by molar-refractivity contribution is -0.176. The van der Waals surface area contributed by atoms with Crippen molar-refractivity contribution in [3.05, 3.63) is 59.7 Å². The molecule has 0 saturated carbocycles. The number of rotatable bonds is 11. The summed E-state index contributed by atoms with van der Waals surface area (Å²) in [5.74, 6) is 1.36. The van der Waals surface area contributed by atoms with Crippen molar-refractivity contribution in [2.75, 3.05) is 20.8 Å². The molecule has 0 radical (unpaired) electrons. The van der Waals surface area contributed by atoms with Gasteiger partial charge in [0.1, 0.15) is 35.7 Å². The maximum absolute atomic E-state index is 11.1. The molecule has 0 saturated heterocycles. The van der Waals surface area contributed by atoms with E-state index in [2.05, 4.69) is 0 Å². The first-order valence-corrected chi connectivity index (χ1v) is 10.9. The van der Waals surface area contributed by atoms with Gasteiger partial charge in [-0.3, -0.25) is 0 Å². The number of phenols is 1. The first-order chi connectivity index (χ1) is 15.9. The fourth-order valence-electron chi connectivity index (χ4n) is 3.74. The number of aromatic hydroxyl groups is 1. The highest BCUT2D eigenvalue weighted by atomic mass is 16.7. The largest absolute Gasteiger partial charge is 0.507 e. The third-order valence-corrected chi connectivity index (χ3v) is 5.40. The van der Waals surface area contributed by atoms with Crippen LogP contribution in [-0.4, -0.2) is 43.4 Å². The predicted octanol–water partition coefficient (Wildman–Crippen LogP) is 4.96. The summed E-state index contributed by atoms with van der Waals surface area (Å²) in [5, 5.41) is 23.1. The predicted molar refractivity (Wildman–Crippen MR) is 126 cm³/mol. The summed E-state index contributed by atoms with van der Waals surface area (Å²) in [5.41, 5.74) is 1.29. The fraction of sp³-hybridized carbons (Fsp3) is 0.385. The Hall–Kier alpha value is -3.00. The Kier molecular flexibility index (Phi) is 8.38. The van der Waals surface area contributed by atoms with Gasteiger partial charge in [0.05, 0.1) is 25.7 Å². The molecule has 0 aromatic heterocycles. The normalized spacial score (nSPS) is 14.0. The molecule has 0 heterocycles. The second kappa shape index (κ2) is 11.2. The molecule has 3 aromatic rings. The number of methoxy groups -OCH3 is 2. The van der Waals surface area contributed by atoms with Crippen molar-refractivity contribution in [1.29, 1.82) is 0 Å². The molecule has 3 aromatic carbocycles. The number of fused-ring (bicyclic) bond motifs is 1. The van der Waals surface area contributed by atoms with Crippen LogP contribution in [-0.2, 0) is 16.1 Å². The average Bonchev–Trinajstić information content (AvgIpc) is 2.83. The number of aliphatic hydroxyl groups excluding tert-OH is 1. The molecule has 3 rings (SSSR count). The van der Waals surface area contributed by atoms with Gasteiger partial charge in [0.25, 0.3) is 0 Å². The third-order valence-electron chi connectivity index (χ3n) is 5.40. The summed E-state index contributed by atoms with van der Waals surface area (Å²) in [7, 11) is 3.07. The van der Waals surface area contributed by atoms with Crippen molar-refractivity contribution < 1.29 is 33.9 Å². The van der Waals surface area contributed by atoms with Crippen LogP contribution in [0.15, 0.2) is 48.5 Å². The molecule has 33 heavy (non-hydrogen) atoms.